The van der Waals surface area contributed by atoms with Crippen LogP contribution in [0.15, 0.2) is 146 Å². The first-order valence-corrected chi connectivity index (χ1v) is 13.3. The Morgan fingerprint density at radius 1 is 0.692 bits per heavy atom. The molecule has 0 spiro atoms. The van der Waals surface area contributed by atoms with Gasteiger partial charge in [-0.25, -0.2) is 12.2 Å². The van der Waals surface area contributed by atoms with E-state index in [4.69, 9.17) is 0 Å². The number of aromatic nitrogens is 1. The molecule has 0 aliphatic heterocycles. The SMILES string of the molecule is Cc1cc2ccccc2n1-c1cc2ccccc2[cH-]1.[C-]1=CC=CC1.[Zr+2].c1ccc(CCc2ccccc2)cc1. The smallest absolute Gasteiger partial charge is 0.332 e. The third-order valence-electron chi connectivity index (χ3n) is 6.73. The molecular weight excluding hydrogens is 550 g/mol. The molecule has 5 aromatic carbocycles. The summed E-state index contributed by atoms with van der Waals surface area (Å²) in [5.41, 5.74) is 6.62. The van der Waals surface area contributed by atoms with Crippen molar-refractivity contribution in [3.63, 3.8) is 0 Å². The van der Waals surface area contributed by atoms with Crippen molar-refractivity contribution in [2.24, 2.45) is 0 Å². The van der Waals surface area contributed by atoms with Crippen LogP contribution in [-0.2, 0) is 39.0 Å². The summed E-state index contributed by atoms with van der Waals surface area (Å²) in [6.45, 7) is 2.16. The van der Waals surface area contributed by atoms with E-state index < -0.39 is 0 Å². The quantitative estimate of drug-likeness (QED) is 0.182. The van der Waals surface area contributed by atoms with Gasteiger partial charge < -0.3 is 4.57 Å². The molecule has 0 bridgehead atoms. The average Bonchev–Trinajstić information content (AvgIpc) is 3.74. The van der Waals surface area contributed by atoms with E-state index in [2.05, 4.69) is 151 Å². The predicted molar refractivity (Wildman–Crippen MR) is 163 cm³/mol. The van der Waals surface area contributed by atoms with Gasteiger partial charge >= 0.3 is 26.2 Å². The van der Waals surface area contributed by atoms with Crippen LogP contribution in [0.1, 0.15) is 23.2 Å². The van der Waals surface area contributed by atoms with E-state index in [0.717, 1.165) is 19.3 Å². The van der Waals surface area contributed by atoms with Gasteiger partial charge in [-0.2, -0.15) is 6.08 Å². The Morgan fingerprint density at radius 2 is 1.28 bits per heavy atom. The molecular formula is C37H33NZr. The van der Waals surface area contributed by atoms with Gasteiger partial charge in [-0.15, -0.1) is 47.5 Å². The van der Waals surface area contributed by atoms with E-state index in [1.54, 1.807) is 0 Å². The molecule has 190 valence electrons. The number of allylic oxidation sites excluding steroid dienone is 4. The topological polar surface area (TPSA) is 4.93 Å². The van der Waals surface area contributed by atoms with Gasteiger partial charge in [-0.05, 0) is 48.7 Å². The van der Waals surface area contributed by atoms with E-state index >= 15 is 0 Å². The number of rotatable bonds is 4. The summed E-state index contributed by atoms with van der Waals surface area (Å²) in [5, 5.41) is 3.90. The van der Waals surface area contributed by atoms with E-state index in [0.29, 0.717) is 0 Å². The molecule has 0 saturated carbocycles. The summed E-state index contributed by atoms with van der Waals surface area (Å²) < 4.78 is 2.33. The molecule has 0 fully saturated rings. The molecule has 0 N–H and O–H groups in total. The molecule has 0 atom stereocenters. The molecule has 39 heavy (non-hydrogen) atoms. The van der Waals surface area contributed by atoms with Gasteiger partial charge in [0.25, 0.3) is 0 Å². The minimum absolute atomic E-state index is 0. The number of nitrogens with zero attached hydrogens (tertiary/aromatic N) is 1. The van der Waals surface area contributed by atoms with E-state index in [1.165, 1.54) is 44.2 Å². The first kappa shape index (κ1) is 28.4. The minimum atomic E-state index is 0. The fraction of sp³-hybridized carbons (Fsp3) is 0.108. The number of benzene rings is 4. The van der Waals surface area contributed by atoms with Crippen LogP contribution in [-0.4, -0.2) is 4.57 Å². The van der Waals surface area contributed by atoms with Crippen molar-refractivity contribution in [2.75, 3.05) is 0 Å². The Labute approximate surface area is 251 Å². The van der Waals surface area contributed by atoms with Gasteiger partial charge in [0.05, 0.1) is 5.52 Å². The summed E-state index contributed by atoms with van der Waals surface area (Å²) >= 11 is 0. The molecule has 1 heterocycles. The average molecular weight is 583 g/mol. The molecule has 1 aromatic heterocycles. The van der Waals surface area contributed by atoms with Crippen LogP contribution in [0.2, 0.25) is 0 Å². The molecule has 0 unspecified atom stereocenters. The molecule has 6 aromatic rings. The van der Waals surface area contributed by atoms with Crippen molar-refractivity contribution in [1.82, 2.24) is 4.57 Å². The summed E-state index contributed by atoms with van der Waals surface area (Å²) in [7, 11) is 0. The summed E-state index contributed by atoms with van der Waals surface area (Å²) in [5.74, 6) is 0. The van der Waals surface area contributed by atoms with Gasteiger partial charge in [0.1, 0.15) is 0 Å². The monoisotopic (exact) mass is 581 g/mol. The molecule has 1 aliphatic rings. The number of aryl methyl sites for hydroxylation is 3. The first-order valence-electron chi connectivity index (χ1n) is 13.3. The first-order chi connectivity index (χ1) is 18.8. The van der Waals surface area contributed by atoms with Gasteiger partial charge in [0, 0.05) is 11.1 Å². The molecule has 0 radical (unpaired) electrons. The van der Waals surface area contributed by atoms with Crippen LogP contribution >= 0.6 is 0 Å². The van der Waals surface area contributed by atoms with Crippen molar-refractivity contribution in [3.05, 3.63) is 169 Å². The normalized spacial score (nSPS) is 11.4. The van der Waals surface area contributed by atoms with E-state index in [-0.39, 0.29) is 26.2 Å². The molecule has 7 rings (SSSR count). The van der Waals surface area contributed by atoms with Gasteiger partial charge in [-0.1, -0.05) is 84.9 Å². The molecule has 0 amide bonds. The minimum Gasteiger partial charge on any atom is -0.332 e. The second kappa shape index (κ2) is 14.5. The Balaban J connectivity index is 0.000000155. The third-order valence-corrected chi connectivity index (χ3v) is 6.73. The Hall–Kier alpha value is -3.61. The number of para-hydroxylation sites is 1. The van der Waals surface area contributed by atoms with Gasteiger partial charge in [-0.3, -0.25) is 6.08 Å². The number of hydrogen-bond donors (Lipinski definition) is 0. The summed E-state index contributed by atoms with van der Waals surface area (Å²) in [6, 6.07) is 45.1. The van der Waals surface area contributed by atoms with Crippen molar-refractivity contribution < 1.29 is 26.2 Å². The zero-order valence-corrected chi connectivity index (χ0v) is 24.9. The fourth-order valence-corrected chi connectivity index (χ4v) is 4.82. The standard InChI is InChI=1S/C18H14N.C14H14.C5H5.Zr/c1-13-10-16-8-4-5-9-18(16)19(13)17-11-14-6-2-3-7-15(14)12-17;1-3-7-13(8-4-1)11-12-14-9-5-2-6-10-14;1-2-4-5-3-1;/h2-12H,1H3;1-10H,11-12H2;1-3H,4H2;/q-1;;-1;+2. The molecule has 2 heteroatoms. The van der Waals surface area contributed by atoms with Crippen LogP contribution < -0.4 is 0 Å². The summed E-state index contributed by atoms with van der Waals surface area (Å²) in [6.07, 6.45) is 12.3. The number of hydrogen-bond acceptors (Lipinski definition) is 0. The maximum absolute atomic E-state index is 2.99. The Kier molecular flexibility index (Phi) is 10.6. The van der Waals surface area contributed by atoms with Crippen LogP contribution in [0.3, 0.4) is 0 Å². The number of fused-ring (bicyclic) bond motifs is 2. The molecule has 1 aliphatic carbocycles. The van der Waals surface area contributed by atoms with Gasteiger partial charge in [0.15, 0.2) is 0 Å². The van der Waals surface area contributed by atoms with Crippen molar-refractivity contribution in [2.45, 2.75) is 26.2 Å². The van der Waals surface area contributed by atoms with Gasteiger partial charge in [0.2, 0.25) is 0 Å². The van der Waals surface area contributed by atoms with Crippen molar-refractivity contribution >= 4 is 21.7 Å². The van der Waals surface area contributed by atoms with Crippen LogP contribution in [0.5, 0.6) is 0 Å². The maximum Gasteiger partial charge on any atom is 2.00 e. The van der Waals surface area contributed by atoms with Crippen LogP contribution in [0.4, 0.5) is 0 Å². The largest absolute Gasteiger partial charge is 2.00 e. The molecule has 0 saturated heterocycles. The second-order valence-electron chi connectivity index (χ2n) is 9.50. The predicted octanol–water partition coefficient (Wildman–Crippen LogP) is 9.59. The summed E-state index contributed by atoms with van der Waals surface area (Å²) in [4.78, 5) is 0. The zero-order chi connectivity index (χ0) is 26.0. The zero-order valence-electron chi connectivity index (χ0n) is 22.4. The molecule has 1 nitrogen and oxygen atoms in total. The van der Waals surface area contributed by atoms with Crippen molar-refractivity contribution in [1.29, 1.82) is 0 Å². The van der Waals surface area contributed by atoms with E-state index in [9.17, 15) is 0 Å². The van der Waals surface area contributed by atoms with Crippen LogP contribution in [0.25, 0.3) is 27.4 Å². The third kappa shape index (κ3) is 7.72. The van der Waals surface area contributed by atoms with Crippen LogP contribution in [0, 0.1) is 13.0 Å². The van der Waals surface area contributed by atoms with Crippen molar-refractivity contribution in [3.8, 4) is 5.69 Å². The second-order valence-corrected chi connectivity index (χ2v) is 9.50. The fourth-order valence-electron chi connectivity index (χ4n) is 4.82. The Morgan fingerprint density at radius 3 is 1.85 bits per heavy atom. The maximum atomic E-state index is 2.99. The van der Waals surface area contributed by atoms with E-state index in [1.807, 2.05) is 12.2 Å². The Bertz CT molecular complexity index is 1550.